The van der Waals surface area contributed by atoms with Crippen molar-refractivity contribution < 1.29 is 14.3 Å². The molecule has 3 rings (SSSR count). The van der Waals surface area contributed by atoms with Crippen LogP contribution in [0.5, 0.6) is 0 Å². The summed E-state index contributed by atoms with van der Waals surface area (Å²) in [5, 5.41) is 5.25. The van der Waals surface area contributed by atoms with Gasteiger partial charge in [0.2, 0.25) is 0 Å². The Morgan fingerprint density at radius 2 is 2.48 bits per heavy atom. The van der Waals surface area contributed by atoms with Gasteiger partial charge in [0.1, 0.15) is 11.0 Å². The van der Waals surface area contributed by atoms with Crippen LogP contribution >= 0.6 is 11.3 Å². The summed E-state index contributed by atoms with van der Waals surface area (Å²) in [6.07, 6.45) is 3.44. The highest BCUT2D eigenvalue weighted by atomic mass is 32.1. The highest BCUT2D eigenvalue weighted by Crippen LogP contribution is 2.30. The van der Waals surface area contributed by atoms with E-state index in [2.05, 4.69) is 10.3 Å². The van der Waals surface area contributed by atoms with Crippen LogP contribution in [0.2, 0.25) is 0 Å². The van der Waals surface area contributed by atoms with Gasteiger partial charge in [0.15, 0.2) is 0 Å². The minimum absolute atomic E-state index is 0.0638. The zero-order valence-corrected chi connectivity index (χ0v) is 12.8. The monoisotopic (exact) mass is 307 g/mol. The number of aromatic nitrogens is 2. The van der Waals surface area contributed by atoms with Gasteiger partial charge in [0, 0.05) is 13.1 Å². The lowest BCUT2D eigenvalue weighted by Crippen LogP contribution is -2.34. The second kappa shape index (κ2) is 5.97. The Morgan fingerprint density at radius 1 is 1.62 bits per heavy atom. The number of hydrogen-bond acceptors (Lipinski definition) is 6. The number of carbonyl (C=O) groups is 1. The number of esters is 1. The van der Waals surface area contributed by atoms with Gasteiger partial charge in [0.25, 0.3) is 0 Å². The van der Waals surface area contributed by atoms with Gasteiger partial charge in [-0.2, -0.15) is 0 Å². The first-order valence-corrected chi connectivity index (χ1v) is 7.61. The first-order chi connectivity index (χ1) is 10.2. The molecule has 1 unspecified atom stereocenters. The second-order valence-electron chi connectivity index (χ2n) is 4.84. The first kappa shape index (κ1) is 14.2. The minimum atomic E-state index is -0.328. The van der Waals surface area contributed by atoms with Crippen molar-refractivity contribution in [3.63, 3.8) is 0 Å². The maximum atomic E-state index is 11.9. The number of ether oxygens (including phenoxy) is 2. The third kappa shape index (κ3) is 2.59. The van der Waals surface area contributed by atoms with E-state index in [1.807, 2.05) is 16.9 Å². The average Bonchev–Trinajstić information content (AvgIpc) is 3.13. The molecule has 1 saturated heterocycles. The van der Waals surface area contributed by atoms with E-state index in [9.17, 15) is 4.79 Å². The van der Waals surface area contributed by atoms with Crippen molar-refractivity contribution in [1.82, 2.24) is 14.9 Å². The number of aryl methyl sites for hydroxylation is 1. The lowest BCUT2D eigenvalue weighted by atomic mass is 10.2. The third-order valence-electron chi connectivity index (χ3n) is 3.48. The van der Waals surface area contributed by atoms with E-state index in [-0.39, 0.29) is 12.1 Å². The van der Waals surface area contributed by atoms with E-state index in [4.69, 9.17) is 9.47 Å². The molecule has 1 aliphatic rings. The number of carbonyl (C=O) groups excluding carboxylic acids is 1. The van der Waals surface area contributed by atoms with Crippen LogP contribution in [0.3, 0.4) is 0 Å². The van der Waals surface area contributed by atoms with Crippen molar-refractivity contribution in [3.05, 3.63) is 34.0 Å². The third-order valence-corrected chi connectivity index (χ3v) is 4.55. The fraction of sp³-hybridized carbons (Fsp3) is 0.429. The van der Waals surface area contributed by atoms with E-state index in [0.717, 1.165) is 30.0 Å². The summed E-state index contributed by atoms with van der Waals surface area (Å²) in [5.74, 6) is -0.328. The zero-order valence-electron chi connectivity index (χ0n) is 12.0. The molecule has 112 valence electrons. The number of nitrogens with one attached hydrogen (secondary N) is 1. The van der Waals surface area contributed by atoms with Crippen LogP contribution in [0.25, 0.3) is 5.69 Å². The van der Waals surface area contributed by atoms with Crippen molar-refractivity contribution in [1.29, 1.82) is 0 Å². The molecule has 0 aliphatic carbocycles. The molecular weight excluding hydrogens is 290 g/mol. The smallest absolute Gasteiger partial charge is 0.350 e. The standard InChI is InChI=1S/C14H17N3O3S/c1-9-7-21-13(14(18)19-2)12(9)17-8-16-5-10(17)11-6-15-3-4-20-11/h5,7-8,11,15H,3-4,6H2,1-2H3. The number of imidazole rings is 1. The summed E-state index contributed by atoms with van der Waals surface area (Å²) >= 11 is 1.38. The normalized spacial score (nSPS) is 18.7. The maximum Gasteiger partial charge on any atom is 0.350 e. The summed E-state index contributed by atoms with van der Waals surface area (Å²) in [6.45, 7) is 4.24. The molecule has 21 heavy (non-hydrogen) atoms. The average molecular weight is 307 g/mol. The predicted molar refractivity (Wildman–Crippen MR) is 79.1 cm³/mol. The van der Waals surface area contributed by atoms with E-state index in [1.165, 1.54) is 18.4 Å². The molecule has 1 N–H and O–H groups in total. The van der Waals surface area contributed by atoms with Crippen LogP contribution in [0, 0.1) is 6.92 Å². The Labute approximate surface area is 126 Å². The summed E-state index contributed by atoms with van der Waals surface area (Å²) < 4.78 is 12.6. The maximum absolute atomic E-state index is 11.9. The fourth-order valence-corrected chi connectivity index (χ4v) is 3.42. The van der Waals surface area contributed by atoms with Crippen LogP contribution in [0.1, 0.15) is 27.0 Å². The van der Waals surface area contributed by atoms with Gasteiger partial charge < -0.3 is 14.8 Å². The SMILES string of the molecule is COC(=O)c1scc(C)c1-n1cncc1C1CNCCO1. The quantitative estimate of drug-likeness (QED) is 0.874. The van der Waals surface area contributed by atoms with E-state index in [1.54, 1.807) is 12.5 Å². The highest BCUT2D eigenvalue weighted by Gasteiger charge is 2.24. The molecule has 2 aromatic heterocycles. The molecule has 0 amide bonds. The van der Waals surface area contributed by atoms with Crippen LogP contribution < -0.4 is 5.32 Å². The number of hydrogen-bond donors (Lipinski definition) is 1. The number of nitrogens with zero attached hydrogens (tertiary/aromatic N) is 2. The molecule has 1 atom stereocenters. The van der Waals surface area contributed by atoms with Crippen molar-refractivity contribution >= 4 is 17.3 Å². The van der Waals surface area contributed by atoms with Crippen LogP contribution in [-0.4, -0.2) is 42.3 Å². The number of methoxy groups -OCH3 is 1. The number of morpholine rings is 1. The number of thiophene rings is 1. The molecule has 0 saturated carbocycles. The molecule has 6 nitrogen and oxygen atoms in total. The first-order valence-electron chi connectivity index (χ1n) is 6.73. The Bertz CT molecular complexity index is 644. The van der Waals surface area contributed by atoms with Crippen LogP contribution in [-0.2, 0) is 9.47 Å². The van der Waals surface area contributed by atoms with Gasteiger partial charge in [-0.15, -0.1) is 11.3 Å². The van der Waals surface area contributed by atoms with Crippen molar-refractivity contribution in [3.8, 4) is 5.69 Å². The largest absolute Gasteiger partial charge is 0.465 e. The zero-order chi connectivity index (χ0) is 14.8. The second-order valence-corrected chi connectivity index (χ2v) is 5.72. The van der Waals surface area contributed by atoms with E-state index < -0.39 is 0 Å². The molecule has 0 bridgehead atoms. The Balaban J connectivity index is 2.03. The Morgan fingerprint density at radius 3 is 3.19 bits per heavy atom. The highest BCUT2D eigenvalue weighted by molar-refractivity contribution is 7.12. The molecule has 1 aliphatic heterocycles. The summed E-state index contributed by atoms with van der Waals surface area (Å²) in [4.78, 5) is 16.8. The number of rotatable bonds is 3. The predicted octanol–water partition coefficient (Wildman–Crippen LogP) is 1.69. The van der Waals surface area contributed by atoms with Crippen molar-refractivity contribution in [2.75, 3.05) is 26.8 Å². The van der Waals surface area contributed by atoms with Gasteiger partial charge >= 0.3 is 5.97 Å². The molecule has 1 fully saturated rings. The van der Waals surface area contributed by atoms with Gasteiger partial charge in [-0.3, -0.25) is 4.57 Å². The van der Waals surface area contributed by atoms with E-state index in [0.29, 0.717) is 11.5 Å². The Hall–Kier alpha value is -1.70. The lowest BCUT2D eigenvalue weighted by molar-refractivity contribution is 0.0240. The molecule has 0 aromatic carbocycles. The molecule has 0 spiro atoms. The van der Waals surface area contributed by atoms with Gasteiger partial charge in [-0.05, 0) is 17.9 Å². The summed E-state index contributed by atoms with van der Waals surface area (Å²) in [7, 11) is 1.39. The minimum Gasteiger partial charge on any atom is -0.465 e. The molecule has 2 aromatic rings. The van der Waals surface area contributed by atoms with Crippen molar-refractivity contribution in [2.45, 2.75) is 13.0 Å². The molecule has 7 heteroatoms. The van der Waals surface area contributed by atoms with Gasteiger partial charge in [-0.25, -0.2) is 9.78 Å². The van der Waals surface area contributed by atoms with Gasteiger partial charge in [0.05, 0.1) is 37.6 Å². The fourth-order valence-electron chi connectivity index (χ4n) is 2.46. The van der Waals surface area contributed by atoms with Crippen molar-refractivity contribution in [2.24, 2.45) is 0 Å². The van der Waals surface area contributed by atoms with Gasteiger partial charge in [-0.1, -0.05) is 0 Å². The summed E-state index contributed by atoms with van der Waals surface area (Å²) in [6, 6.07) is 0. The molecular formula is C14H17N3O3S. The molecule has 3 heterocycles. The van der Waals surface area contributed by atoms with E-state index >= 15 is 0 Å². The lowest BCUT2D eigenvalue weighted by Gasteiger charge is -2.24. The Kier molecular flexibility index (Phi) is 4.05. The van der Waals surface area contributed by atoms with Crippen LogP contribution in [0.4, 0.5) is 0 Å². The van der Waals surface area contributed by atoms with Crippen LogP contribution in [0.15, 0.2) is 17.9 Å². The molecule has 0 radical (unpaired) electrons. The summed E-state index contributed by atoms with van der Waals surface area (Å²) in [5.41, 5.74) is 2.78. The topological polar surface area (TPSA) is 65.4 Å².